The first-order valence-corrected chi connectivity index (χ1v) is 13.4. The molecule has 1 atom stereocenters. The van der Waals surface area contributed by atoms with E-state index in [1.165, 1.54) is 23.5 Å². The average Bonchev–Trinajstić information content (AvgIpc) is 3.42. The standard InChI is InChI=1S/C24H25N5O3S2/c1-16-15-22(29(27-16)24-25-20-8-3-4-9-21(20)33-24)26-23(30)18-10-12-19(13-11-18)34(31,32)28-14-6-5-7-17(28)2/h3-4,8-13,15,17H,5-7,14H2,1-2H3,(H,26,30). The Morgan fingerprint density at radius 1 is 1.12 bits per heavy atom. The molecule has 1 saturated heterocycles. The summed E-state index contributed by atoms with van der Waals surface area (Å²) in [5.74, 6) is 0.151. The molecule has 176 valence electrons. The number of rotatable bonds is 5. The number of sulfonamides is 1. The molecule has 3 heterocycles. The summed E-state index contributed by atoms with van der Waals surface area (Å²) in [6, 6.07) is 15.7. The third-order valence-corrected chi connectivity index (χ3v) is 9.04. The van der Waals surface area contributed by atoms with Gasteiger partial charge in [-0.25, -0.2) is 13.4 Å². The normalized spacial score (nSPS) is 17.2. The highest BCUT2D eigenvalue weighted by molar-refractivity contribution is 7.89. The highest BCUT2D eigenvalue weighted by Crippen LogP contribution is 2.28. The van der Waals surface area contributed by atoms with Crippen molar-refractivity contribution in [3.63, 3.8) is 0 Å². The van der Waals surface area contributed by atoms with Crippen molar-refractivity contribution in [2.75, 3.05) is 11.9 Å². The van der Waals surface area contributed by atoms with Crippen molar-refractivity contribution in [1.82, 2.24) is 19.1 Å². The van der Waals surface area contributed by atoms with Crippen LogP contribution in [0.3, 0.4) is 0 Å². The SMILES string of the molecule is Cc1cc(NC(=O)c2ccc(S(=O)(=O)N3CCCCC3C)cc2)n(-c2nc3ccccc3s2)n1. The first-order valence-electron chi connectivity index (χ1n) is 11.2. The first kappa shape index (κ1) is 22.7. The van der Waals surface area contributed by atoms with Crippen molar-refractivity contribution in [2.24, 2.45) is 0 Å². The van der Waals surface area contributed by atoms with E-state index in [0.717, 1.165) is 35.2 Å². The molecule has 0 aliphatic carbocycles. The summed E-state index contributed by atoms with van der Waals surface area (Å²) < 4.78 is 30.3. The second kappa shape index (κ2) is 8.94. The van der Waals surface area contributed by atoms with E-state index >= 15 is 0 Å². The number of thiazole rings is 1. The van der Waals surface area contributed by atoms with E-state index in [9.17, 15) is 13.2 Å². The van der Waals surface area contributed by atoms with Gasteiger partial charge in [-0.15, -0.1) is 0 Å². The van der Waals surface area contributed by atoms with E-state index in [0.29, 0.717) is 23.1 Å². The van der Waals surface area contributed by atoms with Crippen LogP contribution in [-0.2, 0) is 10.0 Å². The van der Waals surface area contributed by atoms with Crippen LogP contribution in [0.25, 0.3) is 15.3 Å². The van der Waals surface area contributed by atoms with Crippen LogP contribution < -0.4 is 5.32 Å². The summed E-state index contributed by atoms with van der Waals surface area (Å²) in [4.78, 5) is 17.8. The zero-order chi connectivity index (χ0) is 23.9. The second-order valence-corrected chi connectivity index (χ2v) is 11.4. The Hall–Kier alpha value is -3.08. The zero-order valence-corrected chi connectivity index (χ0v) is 20.6. The molecule has 1 N–H and O–H groups in total. The Balaban J connectivity index is 1.37. The van der Waals surface area contributed by atoms with Gasteiger partial charge in [-0.1, -0.05) is 29.9 Å². The maximum atomic E-state index is 13.1. The van der Waals surface area contributed by atoms with Crippen molar-refractivity contribution >= 4 is 43.3 Å². The van der Waals surface area contributed by atoms with Crippen LogP contribution in [0, 0.1) is 6.92 Å². The fourth-order valence-corrected chi connectivity index (χ4v) is 6.85. The lowest BCUT2D eigenvalue weighted by molar-refractivity contribution is 0.102. The molecule has 4 aromatic rings. The number of nitrogens with one attached hydrogen (secondary N) is 1. The van der Waals surface area contributed by atoms with E-state index < -0.39 is 10.0 Å². The van der Waals surface area contributed by atoms with Crippen LogP contribution in [0.4, 0.5) is 5.82 Å². The number of amides is 1. The lowest BCUT2D eigenvalue weighted by atomic mass is 10.1. The van der Waals surface area contributed by atoms with Gasteiger partial charge in [0.2, 0.25) is 15.2 Å². The van der Waals surface area contributed by atoms with Gasteiger partial charge < -0.3 is 5.32 Å². The highest BCUT2D eigenvalue weighted by atomic mass is 32.2. The quantitative estimate of drug-likeness (QED) is 0.436. The molecule has 10 heteroatoms. The fraction of sp³-hybridized carbons (Fsp3) is 0.292. The summed E-state index contributed by atoms with van der Waals surface area (Å²) >= 11 is 1.49. The maximum absolute atomic E-state index is 13.1. The van der Waals surface area contributed by atoms with Crippen LogP contribution in [0.2, 0.25) is 0 Å². The molecule has 0 bridgehead atoms. The zero-order valence-electron chi connectivity index (χ0n) is 18.9. The third kappa shape index (κ3) is 4.24. The molecule has 0 saturated carbocycles. The monoisotopic (exact) mass is 495 g/mol. The number of carbonyl (C=O) groups is 1. The average molecular weight is 496 g/mol. The number of benzene rings is 2. The summed E-state index contributed by atoms with van der Waals surface area (Å²) in [5.41, 5.74) is 1.97. The molecule has 34 heavy (non-hydrogen) atoms. The number of hydrogen-bond acceptors (Lipinski definition) is 6. The minimum absolute atomic E-state index is 0.0206. The van der Waals surface area contributed by atoms with E-state index in [-0.39, 0.29) is 16.8 Å². The van der Waals surface area contributed by atoms with Gasteiger partial charge in [0.1, 0.15) is 5.82 Å². The molecule has 0 spiro atoms. The number of anilines is 1. The number of piperidine rings is 1. The predicted molar refractivity (Wildman–Crippen MR) is 133 cm³/mol. The first-order chi connectivity index (χ1) is 16.3. The van der Waals surface area contributed by atoms with Gasteiger partial charge in [-0.2, -0.15) is 14.1 Å². The van der Waals surface area contributed by atoms with Crippen molar-refractivity contribution < 1.29 is 13.2 Å². The van der Waals surface area contributed by atoms with Crippen molar-refractivity contribution in [1.29, 1.82) is 0 Å². The molecular weight excluding hydrogens is 470 g/mol. The number of aryl methyl sites for hydroxylation is 1. The largest absolute Gasteiger partial charge is 0.306 e. The lowest BCUT2D eigenvalue weighted by Crippen LogP contribution is -2.41. The van der Waals surface area contributed by atoms with Gasteiger partial charge in [0.05, 0.1) is 20.8 Å². The molecule has 1 aliphatic heterocycles. The third-order valence-electron chi connectivity index (χ3n) is 6.00. The van der Waals surface area contributed by atoms with Crippen LogP contribution in [0.1, 0.15) is 42.2 Å². The molecule has 8 nitrogen and oxygen atoms in total. The number of carbonyl (C=O) groups excluding carboxylic acids is 1. The minimum atomic E-state index is -3.58. The van der Waals surface area contributed by atoms with Gasteiger partial charge in [0.15, 0.2) is 0 Å². The predicted octanol–water partition coefficient (Wildman–Crippen LogP) is 4.61. The molecule has 1 aliphatic rings. The molecule has 2 aromatic heterocycles. The number of fused-ring (bicyclic) bond motifs is 1. The number of para-hydroxylation sites is 1. The molecule has 2 aromatic carbocycles. The van der Waals surface area contributed by atoms with Crippen LogP contribution >= 0.6 is 11.3 Å². The van der Waals surface area contributed by atoms with Gasteiger partial charge >= 0.3 is 0 Å². The van der Waals surface area contributed by atoms with E-state index in [4.69, 9.17) is 0 Å². The molecule has 1 amide bonds. The van der Waals surface area contributed by atoms with Crippen molar-refractivity contribution in [2.45, 2.75) is 44.0 Å². The molecule has 1 unspecified atom stereocenters. The smallest absolute Gasteiger partial charge is 0.256 e. The molecular formula is C24H25N5O3S2. The van der Waals surface area contributed by atoms with Gasteiger partial charge in [0, 0.05) is 24.2 Å². The maximum Gasteiger partial charge on any atom is 0.256 e. The van der Waals surface area contributed by atoms with Crippen LogP contribution in [0.5, 0.6) is 0 Å². The molecule has 0 radical (unpaired) electrons. The van der Waals surface area contributed by atoms with Crippen molar-refractivity contribution in [3.8, 4) is 5.13 Å². The Morgan fingerprint density at radius 2 is 1.88 bits per heavy atom. The van der Waals surface area contributed by atoms with Crippen molar-refractivity contribution in [3.05, 3.63) is 65.9 Å². The van der Waals surface area contributed by atoms with E-state index in [1.807, 2.05) is 38.1 Å². The van der Waals surface area contributed by atoms with Gasteiger partial charge in [-0.05, 0) is 63.1 Å². The van der Waals surface area contributed by atoms with Gasteiger partial charge in [0.25, 0.3) is 5.91 Å². The Labute approximate surface area is 202 Å². The summed E-state index contributed by atoms with van der Waals surface area (Å²) in [6.45, 7) is 4.32. The summed E-state index contributed by atoms with van der Waals surface area (Å²) in [5, 5.41) is 8.03. The Morgan fingerprint density at radius 3 is 2.62 bits per heavy atom. The highest BCUT2D eigenvalue weighted by Gasteiger charge is 2.31. The second-order valence-electron chi connectivity index (χ2n) is 8.49. The van der Waals surface area contributed by atoms with Gasteiger partial charge in [-0.3, -0.25) is 4.79 Å². The number of hydrogen-bond donors (Lipinski definition) is 1. The number of nitrogens with zero attached hydrogens (tertiary/aromatic N) is 4. The van der Waals surface area contributed by atoms with E-state index in [1.54, 1.807) is 27.2 Å². The Bertz CT molecular complexity index is 1420. The topological polar surface area (TPSA) is 97.2 Å². The van der Waals surface area contributed by atoms with E-state index in [2.05, 4.69) is 15.4 Å². The summed E-state index contributed by atoms with van der Waals surface area (Å²) in [6.07, 6.45) is 2.77. The lowest BCUT2D eigenvalue weighted by Gasteiger charge is -2.32. The summed E-state index contributed by atoms with van der Waals surface area (Å²) in [7, 11) is -3.58. The van der Waals surface area contributed by atoms with Crippen LogP contribution in [-0.4, -0.2) is 46.0 Å². The Kier molecular flexibility index (Phi) is 5.97. The fourth-order valence-electron chi connectivity index (χ4n) is 4.22. The molecule has 5 rings (SSSR count). The minimum Gasteiger partial charge on any atom is -0.306 e. The van der Waals surface area contributed by atoms with Crippen LogP contribution in [0.15, 0.2) is 59.5 Å². The number of aromatic nitrogens is 3. The molecule has 1 fully saturated rings.